The number of methoxy groups -OCH3 is 1. The molecule has 0 N–H and O–H groups in total. The van der Waals surface area contributed by atoms with Crippen molar-refractivity contribution in [3.8, 4) is 11.5 Å². The highest BCUT2D eigenvalue weighted by Gasteiger charge is 2.22. The van der Waals surface area contributed by atoms with Gasteiger partial charge < -0.3 is 14.4 Å². The lowest BCUT2D eigenvalue weighted by Crippen LogP contribution is -2.49. The van der Waals surface area contributed by atoms with Gasteiger partial charge in [0.25, 0.3) is 5.91 Å². The van der Waals surface area contributed by atoms with Crippen LogP contribution in [0.3, 0.4) is 0 Å². The molecule has 1 heterocycles. The van der Waals surface area contributed by atoms with E-state index < -0.39 is 0 Å². The molecule has 0 aliphatic carbocycles. The van der Waals surface area contributed by atoms with E-state index in [1.807, 2.05) is 36.1 Å². The van der Waals surface area contributed by atoms with Gasteiger partial charge in [0.1, 0.15) is 0 Å². The van der Waals surface area contributed by atoms with Gasteiger partial charge >= 0.3 is 0 Å². The second kappa shape index (κ2) is 9.96. The van der Waals surface area contributed by atoms with Crippen LogP contribution in [0.5, 0.6) is 11.5 Å². The average molecular weight is 431 g/mol. The molecule has 0 atom stereocenters. The molecule has 1 aliphatic rings. The van der Waals surface area contributed by atoms with Crippen molar-refractivity contribution >= 4 is 23.3 Å². The molecule has 0 saturated carbocycles. The summed E-state index contributed by atoms with van der Waals surface area (Å²) >= 11 is 5.94. The van der Waals surface area contributed by atoms with Gasteiger partial charge in [-0.1, -0.05) is 23.7 Å². The maximum atomic E-state index is 12.6. The number of Topliss-reactive ketones (excluding diaryl/α,β-unsaturated/α-hetero) is 1. The van der Waals surface area contributed by atoms with Crippen LogP contribution in [-0.2, 0) is 11.3 Å². The SMILES string of the molecule is COc1c(OCC(=O)N2CCN(Cc3ccc(Cl)cc3)CC2)ccc(C(C)=O)c1C. The van der Waals surface area contributed by atoms with E-state index in [1.165, 1.54) is 19.6 Å². The molecule has 0 aromatic heterocycles. The Bertz CT molecular complexity index is 906. The average Bonchev–Trinajstić information content (AvgIpc) is 2.74. The van der Waals surface area contributed by atoms with Crippen molar-refractivity contribution in [3.05, 3.63) is 58.1 Å². The van der Waals surface area contributed by atoms with E-state index in [-0.39, 0.29) is 18.3 Å². The Balaban J connectivity index is 1.52. The third-order valence-corrected chi connectivity index (χ3v) is 5.60. The summed E-state index contributed by atoms with van der Waals surface area (Å²) in [7, 11) is 1.53. The number of halogens is 1. The number of ketones is 1. The standard InChI is InChI=1S/C23H27ClN2O4/c1-16-20(17(2)27)8-9-21(23(16)29-3)30-15-22(28)26-12-10-25(11-13-26)14-18-4-6-19(24)7-5-18/h4-9H,10-15H2,1-3H3. The van der Waals surface area contributed by atoms with E-state index in [1.54, 1.807) is 12.1 Å². The lowest BCUT2D eigenvalue weighted by atomic mass is 10.0. The number of rotatable bonds is 7. The second-order valence-electron chi connectivity index (χ2n) is 7.40. The number of hydrogen-bond acceptors (Lipinski definition) is 5. The van der Waals surface area contributed by atoms with Gasteiger partial charge in [-0.05, 0) is 43.7 Å². The minimum absolute atomic E-state index is 0.0371. The van der Waals surface area contributed by atoms with E-state index in [9.17, 15) is 9.59 Å². The van der Waals surface area contributed by atoms with E-state index in [0.717, 1.165) is 24.7 Å². The van der Waals surface area contributed by atoms with Crippen LogP contribution in [0.2, 0.25) is 5.02 Å². The lowest BCUT2D eigenvalue weighted by Gasteiger charge is -2.34. The van der Waals surface area contributed by atoms with Crippen molar-refractivity contribution in [3.63, 3.8) is 0 Å². The number of carbonyl (C=O) groups is 2. The summed E-state index contributed by atoms with van der Waals surface area (Å²) in [5.41, 5.74) is 2.51. The van der Waals surface area contributed by atoms with Crippen molar-refractivity contribution in [1.82, 2.24) is 9.80 Å². The zero-order valence-corrected chi connectivity index (χ0v) is 18.4. The van der Waals surface area contributed by atoms with Crippen LogP contribution in [-0.4, -0.2) is 61.4 Å². The molecule has 30 heavy (non-hydrogen) atoms. The van der Waals surface area contributed by atoms with E-state index in [2.05, 4.69) is 4.90 Å². The van der Waals surface area contributed by atoms with Gasteiger partial charge in [-0.25, -0.2) is 0 Å². The van der Waals surface area contributed by atoms with Crippen LogP contribution in [0, 0.1) is 6.92 Å². The minimum atomic E-state index is -0.0631. The van der Waals surface area contributed by atoms with E-state index >= 15 is 0 Å². The molecule has 0 spiro atoms. The fourth-order valence-electron chi connectivity index (χ4n) is 3.65. The summed E-state index contributed by atoms with van der Waals surface area (Å²) in [4.78, 5) is 28.5. The summed E-state index contributed by atoms with van der Waals surface area (Å²) in [5.74, 6) is 0.861. The molecule has 160 valence electrons. The second-order valence-corrected chi connectivity index (χ2v) is 7.83. The number of benzene rings is 2. The fraction of sp³-hybridized carbons (Fsp3) is 0.391. The number of piperazine rings is 1. The van der Waals surface area contributed by atoms with Crippen LogP contribution in [0.1, 0.15) is 28.4 Å². The monoisotopic (exact) mass is 430 g/mol. The first-order valence-corrected chi connectivity index (χ1v) is 10.3. The quantitative estimate of drug-likeness (QED) is 0.628. The highest BCUT2D eigenvalue weighted by molar-refractivity contribution is 6.30. The molecular formula is C23H27ClN2O4. The van der Waals surface area contributed by atoms with Crippen LogP contribution >= 0.6 is 11.6 Å². The maximum absolute atomic E-state index is 12.6. The molecule has 1 aliphatic heterocycles. The largest absolute Gasteiger partial charge is 0.493 e. The van der Waals surface area contributed by atoms with Crippen LogP contribution in [0.15, 0.2) is 36.4 Å². The third-order valence-electron chi connectivity index (χ3n) is 5.35. The first kappa shape index (κ1) is 22.1. The van der Waals surface area contributed by atoms with Crippen LogP contribution < -0.4 is 9.47 Å². The Kier molecular flexibility index (Phi) is 7.34. The van der Waals surface area contributed by atoms with Crippen molar-refractivity contribution in [2.24, 2.45) is 0 Å². The summed E-state index contributed by atoms with van der Waals surface area (Å²) in [6.45, 7) is 7.04. The molecule has 1 amide bonds. The van der Waals surface area contributed by atoms with Crippen molar-refractivity contribution < 1.29 is 19.1 Å². The van der Waals surface area contributed by atoms with Gasteiger partial charge in [-0.2, -0.15) is 0 Å². The first-order chi connectivity index (χ1) is 14.4. The van der Waals surface area contributed by atoms with Gasteiger partial charge in [0.2, 0.25) is 0 Å². The molecule has 2 aromatic carbocycles. The Morgan fingerprint density at radius 1 is 1.03 bits per heavy atom. The number of hydrogen-bond donors (Lipinski definition) is 0. The summed E-state index contributed by atoms with van der Waals surface area (Å²) < 4.78 is 11.1. The molecule has 3 rings (SSSR count). The summed E-state index contributed by atoms with van der Waals surface area (Å²) in [5, 5.41) is 0.733. The van der Waals surface area contributed by atoms with E-state index in [0.29, 0.717) is 35.7 Å². The van der Waals surface area contributed by atoms with Crippen molar-refractivity contribution in [2.75, 3.05) is 39.9 Å². The number of amides is 1. The van der Waals surface area contributed by atoms with Crippen LogP contribution in [0.4, 0.5) is 0 Å². The molecular weight excluding hydrogens is 404 g/mol. The van der Waals surface area contributed by atoms with Gasteiger partial charge in [0, 0.05) is 48.9 Å². The molecule has 0 bridgehead atoms. The number of nitrogens with zero attached hydrogens (tertiary/aromatic N) is 2. The summed E-state index contributed by atoms with van der Waals surface area (Å²) in [6.07, 6.45) is 0. The Hall–Kier alpha value is -2.57. The fourth-order valence-corrected chi connectivity index (χ4v) is 3.78. The van der Waals surface area contributed by atoms with Crippen molar-refractivity contribution in [1.29, 1.82) is 0 Å². The smallest absolute Gasteiger partial charge is 0.260 e. The van der Waals surface area contributed by atoms with E-state index in [4.69, 9.17) is 21.1 Å². The van der Waals surface area contributed by atoms with Crippen LogP contribution in [0.25, 0.3) is 0 Å². The molecule has 1 fully saturated rings. The number of carbonyl (C=O) groups excluding carboxylic acids is 2. The molecule has 7 heteroatoms. The maximum Gasteiger partial charge on any atom is 0.260 e. The molecule has 0 unspecified atom stereocenters. The topological polar surface area (TPSA) is 59.1 Å². The third kappa shape index (κ3) is 5.32. The lowest BCUT2D eigenvalue weighted by molar-refractivity contribution is -0.135. The van der Waals surface area contributed by atoms with Gasteiger partial charge in [0.15, 0.2) is 23.9 Å². The zero-order chi connectivity index (χ0) is 21.7. The Morgan fingerprint density at radius 2 is 1.70 bits per heavy atom. The zero-order valence-electron chi connectivity index (χ0n) is 17.6. The summed E-state index contributed by atoms with van der Waals surface area (Å²) in [6, 6.07) is 11.2. The van der Waals surface area contributed by atoms with Gasteiger partial charge in [-0.15, -0.1) is 0 Å². The van der Waals surface area contributed by atoms with Gasteiger partial charge in [0.05, 0.1) is 7.11 Å². The Labute approximate surface area is 182 Å². The highest BCUT2D eigenvalue weighted by atomic mass is 35.5. The molecule has 0 radical (unpaired) electrons. The molecule has 2 aromatic rings. The molecule has 1 saturated heterocycles. The number of ether oxygens (including phenoxy) is 2. The highest BCUT2D eigenvalue weighted by Crippen LogP contribution is 2.33. The predicted molar refractivity (Wildman–Crippen MR) is 117 cm³/mol. The van der Waals surface area contributed by atoms with Gasteiger partial charge in [-0.3, -0.25) is 14.5 Å². The predicted octanol–water partition coefficient (Wildman–Crippen LogP) is 3.58. The first-order valence-electron chi connectivity index (χ1n) is 9.95. The Morgan fingerprint density at radius 3 is 2.30 bits per heavy atom. The van der Waals surface area contributed by atoms with Crippen molar-refractivity contribution in [2.45, 2.75) is 20.4 Å². The minimum Gasteiger partial charge on any atom is -0.493 e. The molecule has 6 nitrogen and oxygen atoms in total. The normalized spacial score (nSPS) is 14.5.